The van der Waals surface area contributed by atoms with Crippen LogP contribution < -0.4 is 0 Å². The van der Waals surface area contributed by atoms with E-state index in [-0.39, 0.29) is 25.7 Å². The molecule has 522 valence electrons. The molecule has 0 aromatic rings. The van der Waals surface area contributed by atoms with E-state index in [4.69, 9.17) is 37.0 Å². The van der Waals surface area contributed by atoms with Gasteiger partial charge in [-0.2, -0.15) is 0 Å². The predicted molar refractivity (Wildman–Crippen MR) is 354 cm³/mol. The number of ether oxygens (including phenoxy) is 4. The molecule has 0 saturated carbocycles. The van der Waals surface area contributed by atoms with Crippen molar-refractivity contribution in [1.29, 1.82) is 0 Å². The average Bonchev–Trinajstić information content (AvgIpc) is 3.56. The van der Waals surface area contributed by atoms with Gasteiger partial charge in [0.15, 0.2) is 12.2 Å². The number of hydrogen-bond acceptors (Lipinski definition) is 15. The third-order valence-corrected chi connectivity index (χ3v) is 18.1. The van der Waals surface area contributed by atoms with E-state index in [0.29, 0.717) is 31.6 Å². The molecule has 88 heavy (non-hydrogen) atoms. The number of carbonyl (C=O) groups excluding carboxylic acids is 4. The second-order valence-electron chi connectivity index (χ2n) is 26.1. The van der Waals surface area contributed by atoms with Gasteiger partial charge in [-0.05, 0) is 43.4 Å². The molecule has 0 radical (unpaired) electrons. The number of esters is 4. The van der Waals surface area contributed by atoms with E-state index in [9.17, 15) is 43.2 Å². The molecule has 0 rings (SSSR count). The highest BCUT2D eigenvalue weighted by molar-refractivity contribution is 7.47. The number of aliphatic hydroxyl groups excluding tert-OH is 1. The Bertz CT molecular complexity index is 1730. The Kier molecular flexibility index (Phi) is 58.7. The molecule has 6 atom stereocenters. The van der Waals surface area contributed by atoms with Gasteiger partial charge < -0.3 is 33.8 Å². The van der Waals surface area contributed by atoms with Crippen molar-refractivity contribution < 1.29 is 80.2 Å². The van der Waals surface area contributed by atoms with Gasteiger partial charge in [0.2, 0.25) is 0 Å². The molecule has 0 amide bonds. The number of aliphatic hydroxyl groups is 1. The molecule has 0 aliphatic carbocycles. The fourth-order valence-electron chi connectivity index (χ4n) is 10.3. The maximum atomic E-state index is 13.0. The smallest absolute Gasteiger partial charge is 0.462 e. The van der Waals surface area contributed by atoms with Crippen molar-refractivity contribution in [2.45, 2.75) is 362 Å². The van der Waals surface area contributed by atoms with Crippen molar-refractivity contribution in [3.63, 3.8) is 0 Å². The zero-order valence-electron chi connectivity index (χ0n) is 57.2. The monoisotopic (exact) mass is 1300 g/mol. The number of hydrogen-bond donors (Lipinski definition) is 3. The van der Waals surface area contributed by atoms with E-state index >= 15 is 0 Å². The molecular weight excluding hydrogens is 1160 g/mol. The second kappa shape index (κ2) is 60.0. The molecule has 17 nitrogen and oxygen atoms in total. The van der Waals surface area contributed by atoms with Crippen LogP contribution in [0.25, 0.3) is 0 Å². The van der Waals surface area contributed by atoms with Gasteiger partial charge in [-0.15, -0.1) is 0 Å². The van der Waals surface area contributed by atoms with Crippen molar-refractivity contribution >= 4 is 39.5 Å². The molecule has 0 aliphatic heterocycles. The summed E-state index contributed by atoms with van der Waals surface area (Å²) in [5.74, 6) is 0.174. The summed E-state index contributed by atoms with van der Waals surface area (Å²) in [6.07, 6.45) is 43.5. The van der Waals surface area contributed by atoms with Crippen molar-refractivity contribution in [3.8, 4) is 0 Å². The van der Waals surface area contributed by atoms with Gasteiger partial charge in [0.05, 0.1) is 26.4 Å². The highest BCUT2D eigenvalue weighted by Crippen LogP contribution is 2.45. The molecule has 3 N–H and O–H groups in total. The fraction of sp³-hybridized carbons (Fsp3) is 0.942. The van der Waals surface area contributed by atoms with Crippen LogP contribution >= 0.6 is 15.6 Å². The lowest BCUT2D eigenvalue weighted by atomic mass is 9.99. The number of phosphoric ester groups is 2. The normalized spacial score (nSPS) is 14.5. The Balaban J connectivity index is 5.15. The van der Waals surface area contributed by atoms with Crippen LogP contribution in [0.1, 0.15) is 344 Å². The summed E-state index contributed by atoms with van der Waals surface area (Å²) in [5.41, 5.74) is 0. The number of phosphoric acid groups is 2. The minimum absolute atomic E-state index is 0.102. The SMILES string of the molecule is CCCCCCCC(=O)OC[C@H](COP(=O)(O)OC[C@H](O)COP(=O)(O)OC[C@@H](COC(=O)CCCCCCCCCCCCC(C)CC)OC(=O)CCCCCCCCCCCCCCCCCCC(C)C)OC(=O)CCCCCCCCCC(C)C. The molecule has 3 unspecified atom stereocenters. The van der Waals surface area contributed by atoms with Crippen LogP contribution in [0.5, 0.6) is 0 Å². The third kappa shape index (κ3) is 61.6. The maximum absolute atomic E-state index is 13.0. The first kappa shape index (κ1) is 86.1. The number of unbranched alkanes of at least 4 members (excludes halogenated alkanes) is 34. The highest BCUT2D eigenvalue weighted by atomic mass is 31.2. The standard InChI is InChI=1S/C69H134O17P2/c1-8-10-11-33-43-50-66(71)79-56-64(85-69(74)53-46-39-32-26-28-35-41-48-61(5)6)58-83-87(75,76)81-54-63(70)55-82-88(77,78)84-59-65(57-80-67(72)51-44-37-30-24-21-20-23-29-36-42-49-62(7)9-2)86-68(73)52-45-38-31-25-19-17-15-13-12-14-16-18-22-27-34-40-47-60(3)4/h60-65,70H,8-59H2,1-7H3,(H,75,76)(H,77,78)/t62?,63-,64+,65+/m0/s1. The summed E-state index contributed by atoms with van der Waals surface area (Å²) >= 11 is 0. The van der Waals surface area contributed by atoms with Crippen LogP contribution in [0, 0.1) is 17.8 Å². The van der Waals surface area contributed by atoms with Crippen LogP contribution in [-0.2, 0) is 65.4 Å². The minimum Gasteiger partial charge on any atom is -0.462 e. The molecule has 0 heterocycles. The van der Waals surface area contributed by atoms with E-state index < -0.39 is 97.5 Å². The first-order valence-corrected chi connectivity index (χ1v) is 38.9. The van der Waals surface area contributed by atoms with Crippen molar-refractivity contribution in [2.24, 2.45) is 17.8 Å². The first-order chi connectivity index (χ1) is 42.3. The zero-order chi connectivity index (χ0) is 65.2. The minimum atomic E-state index is -4.95. The van der Waals surface area contributed by atoms with E-state index in [2.05, 4.69) is 48.5 Å². The topological polar surface area (TPSA) is 237 Å². The summed E-state index contributed by atoms with van der Waals surface area (Å²) in [6, 6.07) is 0. The number of rotatable bonds is 67. The summed E-state index contributed by atoms with van der Waals surface area (Å²) in [7, 11) is -9.89. The Morgan fingerprint density at radius 2 is 0.580 bits per heavy atom. The largest absolute Gasteiger partial charge is 0.472 e. The van der Waals surface area contributed by atoms with E-state index in [1.807, 2.05) is 0 Å². The Hall–Kier alpha value is -1.94. The van der Waals surface area contributed by atoms with Gasteiger partial charge in [0, 0.05) is 25.7 Å². The van der Waals surface area contributed by atoms with Gasteiger partial charge in [-0.1, -0.05) is 292 Å². The number of carbonyl (C=O) groups is 4. The van der Waals surface area contributed by atoms with Crippen molar-refractivity contribution in [3.05, 3.63) is 0 Å². The Labute approximate surface area is 537 Å². The lowest BCUT2D eigenvalue weighted by molar-refractivity contribution is -0.161. The van der Waals surface area contributed by atoms with Crippen LogP contribution in [0.3, 0.4) is 0 Å². The van der Waals surface area contributed by atoms with Crippen LogP contribution in [-0.4, -0.2) is 96.7 Å². The highest BCUT2D eigenvalue weighted by Gasteiger charge is 2.30. The van der Waals surface area contributed by atoms with Gasteiger partial charge >= 0.3 is 39.5 Å². The summed E-state index contributed by atoms with van der Waals surface area (Å²) < 4.78 is 68.0. The van der Waals surface area contributed by atoms with E-state index in [1.165, 1.54) is 148 Å². The van der Waals surface area contributed by atoms with Crippen molar-refractivity contribution in [2.75, 3.05) is 39.6 Å². The quantitative estimate of drug-likeness (QED) is 0.0222. The van der Waals surface area contributed by atoms with E-state index in [1.54, 1.807) is 0 Å². The van der Waals surface area contributed by atoms with E-state index in [0.717, 1.165) is 108 Å². The van der Waals surface area contributed by atoms with Crippen LogP contribution in [0.15, 0.2) is 0 Å². The molecule has 0 spiro atoms. The molecule has 0 saturated heterocycles. The predicted octanol–water partition coefficient (Wildman–Crippen LogP) is 19.5. The third-order valence-electron chi connectivity index (χ3n) is 16.2. The molecule has 19 heteroatoms. The summed E-state index contributed by atoms with van der Waals surface area (Å²) in [6.45, 7) is 11.7. The van der Waals surface area contributed by atoms with Gasteiger partial charge in [0.25, 0.3) is 0 Å². The summed E-state index contributed by atoms with van der Waals surface area (Å²) in [4.78, 5) is 72.2. The molecule has 0 aliphatic rings. The molecular formula is C69H134O17P2. The van der Waals surface area contributed by atoms with Gasteiger partial charge in [-0.3, -0.25) is 37.3 Å². The summed E-state index contributed by atoms with van der Waals surface area (Å²) in [5, 5.41) is 10.5. The Morgan fingerprint density at radius 1 is 0.330 bits per heavy atom. The van der Waals surface area contributed by atoms with Crippen LogP contribution in [0.2, 0.25) is 0 Å². The lowest BCUT2D eigenvalue weighted by Crippen LogP contribution is -2.30. The zero-order valence-corrected chi connectivity index (χ0v) is 59.0. The first-order valence-electron chi connectivity index (χ1n) is 35.9. The molecule has 0 aromatic carbocycles. The average molecular weight is 1300 g/mol. The lowest BCUT2D eigenvalue weighted by Gasteiger charge is -2.21. The molecule has 0 aromatic heterocycles. The van der Waals surface area contributed by atoms with Crippen molar-refractivity contribution in [1.82, 2.24) is 0 Å². The van der Waals surface area contributed by atoms with Gasteiger partial charge in [0.1, 0.15) is 19.3 Å². The second-order valence-corrected chi connectivity index (χ2v) is 29.0. The van der Waals surface area contributed by atoms with Crippen LogP contribution in [0.4, 0.5) is 0 Å². The Morgan fingerprint density at radius 3 is 0.864 bits per heavy atom. The molecule has 0 bridgehead atoms. The molecule has 0 fully saturated rings. The van der Waals surface area contributed by atoms with Gasteiger partial charge in [-0.25, -0.2) is 9.13 Å². The fourth-order valence-corrected chi connectivity index (χ4v) is 11.9. The maximum Gasteiger partial charge on any atom is 0.472 e.